The first-order valence-electron chi connectivity index (χ1n) is 9.16. The van der Waals surface area contributed by atoms with Gasteiger partial charge >= 0.3 is 0 Å². The molecule has 0 radical (unpaired) electrons. The molecule has 1 saturated carbocycles. The third-order valence-corrected chi connectivity index (χ3v) is 5.03. The lowest BCUT2D eigenvalue weighted by molar-refractivity contribution is -0.122. The Hall–Kier alpha value is -2.11. The van der Waals surface area contributed by atoms with Crippen LogP contribution in [0.4, 0.5) is 15.8 Å². The molecule has 25 heavy (non-hydrogen) atoms. The van der Waals surface area contributed by atoms with Crippen LogP contribution in [0.15, 0.2) is 18.2 Å². The van der Waals surface area contributed by atoms with E-state index in [1.807, 2.05) is 6.92 Å². The van der Waals surface area contributed by atoms with Gasteiger partial charge in [-0.15, -0.1) is 0 Å². The number of carbonyl (C=O) groups excluding carboxylic acids is 2. The van der Waals surface area contributed by atoms with Gasteiger partial charge in [-0.2, -0.15) is 0 Å². The summed E-state index contributed by atoms with van der Waals surface area (Å²) >= 11 is 0. The molecule has 1 aliphatic carbocycles. The summed E-state index contributed by atoms with van der Waals surface area (Å²) in [6.45, 7) is 4.19. The maximum Gasteiger partial charge on any atom is 0.226 e. The summed E-state index contributed by atoms with van der Waals surface area (Å²) in [6, 6.07) is 4.52. The largest absolute Gasteiger partial charge is 0.370 e. The fourth-order valence-electron chi connectivity index (χ4n) is 3.35. The molecule has 2 N–H and O–H groups in total. The van der Waals surface area contributed by atoms with Crippen molar-refractivity contribution >= 4 is 23.2 Å². The second-order valence-electron chi connectivity index (χ2n) is 7.12. The molecular formula is C19H26FN3O2. The number of anilines is 2. The van der Waals surface area contributed by atoms with Gasteiger partial charge in [-0.3, -0.25) is 9.59 Å². The SMILES string of the molecule is C[C@H]1C[C@H]1C(=O)NCCC(=O)Nc1cc(F)ccc1N1CCCCC1. The van der Waals surface area contributed by atoms with Gasteiger partial charge in [0.25, 0.3) is 0 Å². The molecule has 1 saturated heterocycles. The highest BCUT2D eigenvalue weighted by Crippen LogP contribution is 2.37. The molecule has 3 rings (SSSR count). The smallest absolute Gasteiger partial charge is 0.226 e. The molecule has 0 aromatic heterocycles. The summed E-state index contributed by atoms with van der Waals surface area (Å²) in [5.41, 5.74) is 1.37. The Morgan fingerprint density at radius 1 is 1.24 bits per heavy atom. The van der Waals surface area contributed by atoms with Gasteiger partial charge in [0.05, 0.1) is 11.4 Å². The van der Waals surface area contributed by atoms with Crippen LogP contribution in [0, 0.1) is 17.7 Å². The first kappa shape index (κ1) is 17.7. The van der Waals surface area contributed by atoms with Gasteiger partial charge in [0, 0.05) is 32.0 Å². The molecule has 2 aliphatic rings. The highest BCUT2D eigenvalue weighted by Gasteiger charge is 2.38. The molecule has 136 valence electrons. The van der Waals surface area contributed by atoms with Gasteiger partial charge < -0.3 is 15.5 Å². The molecular weight excluding hydrogens is 321 g/mol. The molecule has 5 nitrogen and oxygen atoms in total. The average Bonchev–Trinajstić information content (AvgIpc) is 3.33. The van der Waals surface area contributed by atoms with E-state index in [1.54, 1.807) is 6.07 Å². The van der Waals surface area contributed by atoms with Crippen molar-refractivity contribution < 1.29 is 14.0 Å². The van der Waals surface area contributed by atoms with Crippen LogP contribution in [0.1, 0.15) is 39.0 Å². The Kier molecular flexibility index (Phi) is 5.56. The van der Waals surface area contributed by atoms with Crippen LogP contribution in [-0.2, 0) is 9.59 Å². The zero-order chi connectivity index (χ0) is 17.8. The van der Waals surface area contributed by atoms with Crippen LogP contribution in [0.3, 0.4) is 0 Å². The first-order valence-corrected chi connectivity index (χ1v) is 9.16. The number of halogens is 1. The van der Waals surface area contributed by atoms with E-state index in [9.17, 15) is 14.0 Å². The predicted octanol–water partition coefficient (Wildman–Crippen LogP) is 2.92. The van der Waals surface area contributed by atoms with Crippen LogP contribution >= 0.6 is 0 Å². The van der Waals surface area contributed by atoms with Crippen LogP contribution in [-0.4, -0.2) is 31.4 Å². The standard InChI is InChI=1S/C19H26FN3O2/c1-13-11-15(13)19(25)21-8-7-18(24)22-16-12-14(20)5-6-17(16)23-9-3-2-4-10-23/h5-6,12-13,15H,2-4,7-11H2,1H3,(H,21,25)(H,22,24)/t13-,15+/m0/s1. The van der Waals surface area contributed by atoms with Crippen LogP contribution in [0.2, 0.25) is 0 Å². The number of carbonyl (C=O) groups is 2. The van der Waals surface area contributed by atoms with Crippen molar-refractivity contribution in [1.29, 1.82) is 0 Å². The fraction of sp³-hybridized carbons (Fsp3) is 0.579. The normalized spacial score (nSPS) is 22.4. The molecule has 1 aromatic rings. The van der Waals surface area contributed by atoms with Gasteiger partial charge in [0.1, 0.15) is 5.82 Å². The van der Waals surface area contributed by atoms with Gasteiger partial charge in [-0.05, 0) is 49.8 Å². The van der Waals surface area contributed by atoms with Crippen molar-refractivity contribution in [2.24, 2.45) is 11.8 Å². The first-order chi connectivity index (χ1) is 12.0. The van der Waals surface area contributed by atoms with Crippen LogP contribution in [0.5, 0.6) is 0 Å². The molecule has 2 fully saturated rings. The minimum Gasteiger partial charge on any atom is -0.370 e. The maximum absolute atomic E-state index is 13.6. The van der Waals surface area contributed by atoms with Crippen LogP contribution in [0.25, 0.3) is 0 Å². The topological polar surface area (TPSA) is 61.4 Å². The monoisotopic (exact) mass is 347 g/mol. The summed E-state index contributed by atoms with van der Waals surface area (Å²) in [5.74, 6) is 0.00496. The van der Waals surface area contributed by atoms with Crippen molar-refractivity contribution in [2.45, 2.75) is 39.0 Å². The Bertz CT molecular complexity index is 644. The lowest BCUT2D eigenvalue weighted by Gasteiger charge is -2.30. The molecule has 0 spiro atoms. The van der Waals surface area contributed by atoms with Crippen molar-refractivity contribution in [2.75, 3.05) is 29.9 Å². The molecule has 6 heteroatoms. The summed E-state index contributed by atoms with van der Waals surface area (Å²) in [6.07, 6.45) is 4.54. The van der Waals surface area contributed by atoms with Gasteiger partial charge in [0.2, 0.25) is 11.8 Å². The number of hydrogen-bond donors (Lipinski definition) is 2. The van der Waals surface area contributed by atoms with Crippen LogP contribution < -0.4 is 15.5 Å². The maximum atomic E-state index is 13.6. The Morgan fingerprint density at radius 2 is 1.96 bits per heavy atom. The Morgan fingerprint density at radius 3 is 2.64 bits per heavy atom. The fourth-order valence-corrected chi connectivity index (χ4v) is 3.35. The minimum atomic E-state index is -0.368. The lowest BCUT2D eigenvalue weighted by atomic mass is 10.1. The number of benzene rings is 1. The summed E-state index contributed by atoms with van der Waals surface area (Å²) in [7, 11) is 0. The van der Waals surface area contributed by atoms with E-state index in [-0.39, 0.29) is 30.0 Å². The third-order valence-electron chi connectivity index (χ3n) is 5.03. The highest BCUT2D eigenvalue weighted by atomic mass is 19.1. The Balaban J connectivity index is 1.54. The van der Waals surface area contributed by atoms with Crippen molar-refractivity contribution in [3.05, 3.63) is 24.0 Å². The molecule has 1 heterocycles. The quantitative estimate of drug-likeness (QED) is 0.832. The molecule has 0 bridgehead atoms. The summed E-state index contributed by atoms with van der Waals surface area (Å²) < 4.78 is 13.6. The second kappa shape index (κ2) is 7.85. The molecule has 2 amide bonds. The number of piperidine rings is 1. The lowest BCUT2D eigenvalue weighted by Crippen LogP contribution is -2.31. The van der Waals surface area contributed by atoms with Gasteiger partial charge in [0.15, 0.2) is 0 Å². The number of rotatable bonds is 6. The van der Waals surface area contributed by atoms with E-state index < -0.39 is 0 Å². The van der Waals surface area contributed by atoms with Crippen molar-refractivity contribution in [3.63, 3.8) is 0 Å². The van der Waals surface area contributed by atoms with E-state index in [2.05, 4.69) is 15.5 Å². The average molecular weight is 347 g/mol. The number of amides is 2. The summed E-state index contributed by atoms with van der Waals surface area (Å²) in [4.78, 5) is 26.1. The second-order valence-corrected chi connectivity index (χ2v) is 7.12. The van der Waals surface area contributed by atoms with Crippen molar-refractivity contribution in [3.8, 4) is 0 Å². The molecule has 1 aliphatic heterocycles. The van der Waals surface area contributed by atoms with E-state index >= 15 is 0 Å². The Labute approximate surface area is 148 Å². The third kappa shape index (κ3) is 4.71. The number of hydrogen-bond acceptors (Lipinski definition) is 3. The molecule has 1 aromatic carbocycles. The van der Waals surface area contributed by atoms with E-state index in [0.717, 1.165) is 38.0 Å². The van der Waals surface area contributed by atoms with E-state index in [4.69, 9.17) is 0 Å². The number of nitrogens with zero attached hydrogens (tertiary/aromatic N) is 1. The molecule has 2 atom stereocenters. The predicted molar refractivity (Wildman–Crippen MR) is 96.0 cm³/mol. The number of nitrogens with one attached hydrogen (secondary N) is 2. The van der Waals surface area contributed by atoms with Gasteiger partial charge in [-0.25, -0.2) is 4.39 Å². The van der Waals surface area contributed by atoms with Gasteiger partial charge in [-0.1, -0.05) is 6.92 Å². The zero-order valence-corrected chi connectivity index (χ0v) is 14.7. The highest BCUT2D eigenvalue weighted by molar-refractivity contribution is 5.94. The zero-order valence-electron chi connectivity index (χ0n) is 14.7. The van der Waals surface area contributed by atoms with E-state index in [1.165, 1.54) is 18.6 Å². The van der Waals surface area contributed by atoms with E-state index in [0.29, 0.717) is 18.2 Å². The minimum absolute atomic E-state index is 0.0278. The van der Waals surface area contributed by atoms with Crippen molar-refractivity contribution in [1.82, 2.24) is 5.32 Å². The molecule has 0 unspecified atom stereocenters. The summed E-state index contributed by atoms with van der Waals surface area (Å²) in [5, 5.41) is 5.60.